The van der Waals surface area contributed by atoms with Gasteiger partial charge in [0, 0.05) is 0 Å². The molecule has 0 atom stereocenters. The SMILES string of the molecule is C=Cc1ccc([NH+](C)C)cc1. The van der Waals surface area contributed by atoms with Crippen LogP contribution in [0.4, 0.5) is 5.69 Å². The van der Waals surface area contributed by atoms with Crippen molar-refractivity contribution in [2.45, 2.75) is 0 Å². The summed E-state index contributed by atoms with van der Waals surface area (Å²) in [7, 11) is 4.23. The van der Waals surface area contributed by atoms with E-state index in [-0.39, 0.29) is 0 Å². The van der Waals surface area contributed by atoms with Crippen molar-refractivity contribution in [1.29, 1.82) is 0 Å². The lowest BCUT2D eigenvalue weighted by atomic mass is 10.2. The van der Waals surface area contributed by atoms with E-state index < -0.39 is 0 Å². The largest absolute Gasteiger partial charge is 0.307 e. The number of quaternary nitrogens is 1. The normalized spacial score (nSPS) is 10.1. The first-order valence-electron chi connectivity index (χ1n) is 3.77. The molecular formula is C10H14N+. The van der Waals surface area contributed by atoms with Crippen molar-refractivity contribution in [2.24, 2.45) is 0 Å². The van der Waals surface area contributed by atoms with Gasteiger partial charge in [0.05, 0.1) is 14.1 Å². The van der Waals surface area contributed by atoms with Crippen LogP contribution in [-0.4, -0.2) is 14.1 Å². The Morgan fingerprint density at radius 3 is 2.09 bits per heavy atom. The molecule has 1 heteroatoms. The molecule has 0 bridgehead atoms. The molecule has 1 N–H and O–H groups in total. The van der Waals surface area contributed by atoms with Gasteiger partial charge in [0.25, 0.3) is 0 Å². The minimum Gasteiger partial charge on any atom is -0.307 e. The zero-order chi connectivity index (χ0) is 8.27. The topological polar surface area (TPSA) is 4.44 Å². The Morgan fingerprint density at radius 2 is 1.73 bits per heavy atom. The first-order chi connectivity index (χ1) is 5.24. The first-order valence-corrected chi connectivity index (χ1v) is 3.77. The lowest BCUT2D eigenvalue weighted by Gasteiger charge is -2.05. The van der Waals surface area contributed by atoms with E-state index in [0.717, 1.165) is 0 Å². The van der Waals surface area contributed by atoms with Crippen LogP contribution in [0.25, 0.3) is 6.08 Å². The van der Waals surface area contributed by atoms with Crippen molar-refractivity contribution >= 4 is 11.8 Å². The van der Waals surface area contributed by atoms with Crippen molar-refractivity contribution in [3.05, 3.63) is 36.4 Å². The number of rotatable bonds is 2. The molecule has 58 valence electrons. The number of nitrogens with one attached hydrogen (secondary N) is 1. The standard InChI is InChI=1S/C10H13N/c1-4-9-5-7-10(8-6-9)11(2)3/h4-8H,1H2,2-3H3/p+1. The van der Waals surface area contributed by atoms with Gasteiger partial charge in [-0.15, -0.1) is 0 Å². The number of benzene rings is 1. The van der Waals surface area contributed by atoms with Crippen LogP contribution in [0.2, 0.25) is 0 Å². The summed E-state index contributed by atoms with van der Waals surface area (Å²) in [5.74, 6) is 0. The quantitative estimate of drug-likeness (QED) is 0.640. The van der Waals surface area contributed by atoms with E-state index >= 15 is 0 Å². The third-order valence-corrected chi connectivity index (χ3v) is 1.72. The zero-order valence-electron chi connectivity index (χ0n) is 7.09. The smallest absolute Gasteiger partial charge is 0.130 e. The van der Waals surface area contributed by atoms with Crippen molar-refractivity contribution in [3.8, 4) is 0 Å². The van der Waals surface area contributed by atoms with Gasteiger partial charge in [-0.1, -0.05) is 12.7 Å². The molecule has 0 amide bonds. The van der Waals surface area contributed by atoms with E-state index in [4.69, 9.17) is 0 Å². The molecule has 0 aliphatic rings. The molecule has 0 aromatic heterocycles. The second-order valence-electron chi connectivity index (χ2n) is 2.83. The first kappa shape index (κ1) is 8.02. The van der Waals surface area contributed by atoms with Gasteiger partial charge in [0.2, 0.25) is 0 Å². The van der Waals surface area contributed by atoms with Gasteiger partial charge in [0.1, 0.15) is 5.69 Å². The van der Waals surface area contributed by atoms with E-state index in [1.54, 1.807) is 0 Å². The Kier molecular flexibility index (Phi) is 2.44. The van der Waals surface area contributed by atoms with E-state index in [0.29, 0.717) is 0 Å². The maximum atomic E-state index is 3.70. The van der Waals surface area contributed by atoms with Crippen molar-refractivity contribution in [1.82, 2.24) is 0 Å². The zero-order valence-corrected chi connectivity index (χ0v) is 7.09. The Bertz CT molecular complexity index is 234. The molecule has 0 heterocycles. The summed E-state index contributed by atoms with van der Waals surface area (Å²) >= 11 is 0. The fourth-order valence-corrected chi connectivity index (χ4v) is 0.953. The summed E-state index contributed by atoms with van der Waals surface area (Å²) < 4.78 is 0. The summed E-state index contributed by atoms with van der Waals surface area (Å²) in [6, 6.07) is 8.39. The molecule has 0 saturated carbocycles. The van der Waals surface area contributed by atoms with Crippen LogP contribution in [-0.2, 0) is 0 Å². The molecule has 0 spiro atoms. The summed E-state index contributed by atoms with van der Waals surface area (Å²) in [6.45, 7) is 3.70. The Balaban J connectivity index is 2.91. The molecule has 0 aliphatic heterocycles. The van der Waals surface area contributed by atoms with Crippen LogP contribution in [0.15, 0.2) is 30.8 Å². The van der Waals surface area contributed by atoms with Gasteiger partial charge in [-0.25, -0.2) is 0 Å². The van der Waals surface area contributed by atoms with Gasteiger partial charge in [-0.3, -0.25) is 0 Å². The van der Waals surface area contributed by atoms with Gasteiger partial charge in [-0.2, -0.15) is 0 Å². The second-order valence-corrected chi connectivity index (χ2v) is 2.83. The highest BCUT2D eigenvalue weighted by molar-refractivity contribution is 5.49. The molecule has 1 aromatic carbocycles. The molecule has 0 fully saturated rings. The third kappa shape index (κ3) is 1.92. The highest BCUT2D eigenvalue weighted by atomic mass is 15.1. The Hall–Kier alpha value is -1.08. The highest BCUT2D eigenvalue weighted by Gasteiger charge is 1.96. The molecular weight excluding hydrogens is 134 g/mol. The van der Waals surface area contributed by atoms with Crippen LogP contribution in [0.3, 0.4) is 0 Å². The average molecular weight is 148 g/mol. The molecule has 0 saturated heterocycles. The van der Waals surface area contributed by atoms with Gasteiger partial charge >= 0.3 is 0 Å². The van der Waals surface area contributed by atoms with Crippen LogP contribution in [0.5, 0.6) is 0 Å². The maximum absolute atomic E-state index is 3.70. The summed E-state index contributed by atoms with van der Waals surface area (Å²) in [5, 5.41) is 0. The molecule has 0 radical (unpaired) electrons. The number of hydrogen-bond donors (Lipinski definition) is 1. The van der Waals surface area contributed by atoms with Crippen LogP contribution in [0, 0.1) is 0 Å². The summed E-state index contributed by atoms with van der Waals surface area (Å²) in [5.41, 5.74) is 2.48. The monoisotopic (exact) mass is 148 g/mol. The number of hydrogen-bond acceptors (Lipinski definition) is 0. The summed E-state index contributed by atoms with van der Waals surface area (Å²) in [6.07, 6.45) is 1.86. The van der Waals surface area contributed by atoms with Gasteiger partial charge < -0.3 is 4.90 Å². The maximum Gasteiger partial charge on any atom is 0.130 e. The summed E-state index contributed by atoms with van der Waals surface area (Å²) in [4.78, 5) is 1.35. The van der Waals surface area contributed by atoms with Crippen LogP contribution in [0.1, 0.15) is 5.56 Å². The van der Waals surface area contributed by atoms with Gasteiger partial charge in [0.15, 0.2) is 0 Å². The van der Waals surface area contributed by atoms with Crippen molar-refractivity contribution < 1.29 is 4.90 Å². The van der Waals surface area contributed by atoms with Gasteiger partial charge in [-0.05, 0) is 29.8 Å². The molecule has 0 unspecified atom stereocenters. The second kappa shape index (κ2) is 3.35. The lowest BCUT2D eigenvalue weighted by Crippen LogP contribution is -3.00. The van der Waals surface area contributed by atoms with E-state index in [1.807, 2.05) is 6.08 Å². The van der Waals surface area contributed by atoms with Crippen molar-refractivity contribution in [3.63, 3.8) is 0 Å². The molecule has 1 aromatic rings. The minimum absolute atomic E-state index is 1.18. The fraction of sp³-hybridized carbons (Fsp3) is 0.200. The molecule has 11 heavy (non-hydrogen) atoms. The Morgan fingerprint density at radius 1 is 1.18 bits per heavy atom. The fourth-order valence-electron chi connectivity index (χ4n) is 0.953. The molecule has 1 nitrogen and oxygen atoms in total. The van der Waals surface area contributed by atoms with E-state index in [9.17, 15) is 0 Å². The highest BCUT2D eigenvalue weighted by Crippen LogP contribution is 2.05. The predicted octanol–water partition coefficient (Wildman–Crippen LogP) is 1.11. The van der Waals surface area contributed by atoms with Crippen LogP contribution < -0.4 is 4.90 Å². The predicted molar refractivity (Wildman–Crippen MR) is 49.0 cm³/mol. The van der Waals surface area contributed by atoms with E-state index in [2.05, 4.69) is 44.9 Å². The van der Waals surface area contributed by atoms with Crippen LogP contribution >= 0.6 is 0 Å². The van der Waals surface area contributed by atoms with E-state index in [1.165, 1.54) is 16.2 Å². The minimum atomic E-state index is 1.18. The Labute approximate surface area is 68.0 Å². The average Bonchev–Trinajstić information content (AvgIpc) is 2.05. The molecule has 0 aliphatic carbocycles. The molecule has 1 rings (SSSR count). The lowest BCUT2D eigenvalue weighted by molar-refractivity contribution is -0.786. The van der Waals surface area contributed by atoms with Crippen molar-refractivity contribution in [2.75, 3.05) is 14.1 Å². The third-order valence-electron chi connectivity index (χ3n) is 1.72.